The number of hydrogen-bond acceptors (Lipinski definition) is 3. The fraction of sp³-hybridized carbons (Fsp3) is 0.926. The first-order valence-corrected chi connectivity index (χ1v) is 15.6. The molecule has 0 aromatic rings. The summed E-state index contributed by atoms with van der Waals surface area (Å²) in [6, 6.07) is 0. The molecule has 0 atom stereocenters. The van der Waals surface area contributed by atoms with Crippen LogP contribution in [0.2, 0.25) is 0 Å². The summed E-state index contributed by atoms with van der Waals surface area (Å²) in [5.41, 5.74) is 0. The number of likely N-dealkylation sites (N-methyl/N-ethyl adjacent to an activating group) is 2. The Morgan fingerprint density at radius 2 is 0.629 bits per heavy atom. The van der Waals surface area contributed by atoms with E-state index in [1.54, 1.807) is 0 Å². The highest BCUT2D eigenvalue weighted by molar-refractivity contribution is 5.77. The molecule has 7 nitrogen and oxygen atoms in total. The molecule has 35 heteroatoms. The summed E-state index contributed by atoms with van der Waals surface area (Å²) in [4.78, 5) is 24.4. The number of carbonyl (C=O) groups excluding carboxylic acids is 2. The number of aliphatic hydroxyl groups is 1. The highest BCUT2D eigenvalue weighted by Crippen LogP contribution is 2.62. The van der Waals surface area contributed by atoms with Crippen LogP contribution in [0, 0.1) is 0 Å². The Balaban J connectivity index is -0.0000174. The minimum atomic E-state index is -8.14. The topological polar surface area (TPSA) is 78.4 Å². The van der Waals surface area contributed by atoms with E-state index in [0.29, 0.717) is 0 Å². The number of nitrogens with one attached hydrogen (secondary N) is 2. The van der Waals surface area contributed by atoms with Crippen molar-refractivity contribution in [3.05, 3.63) is 0 Å². The first kappa shape index (κ1) is 64.2. The Morgan fingerprint density at radius 3 is 0.839 bits per heavy atom. The standard InChI is InChI=1S/C27H30F26N4O3.2BrH/c1-56(2,11-14(59)54-7-5-16(28,29)18(32,33)20(36,37)22(40,41)24(44,45)26(48,49)50)9-13(58)10-57(3,4)12-15(60)55-8-6-17(30,31)19(34,35)21(38,39)23(42,43)25(46,47)27(51,52)53;;/h13,58H,5-12H2,1-4H3;2*1H. The Morgan fingerprint density at radius 1 is 0.419 bits per heavy atom. The maximum Gasteiger partial charge on any atom is 0.460 e. The summed E-state index contributed by atoms with van der Waals surface area (Å²) in [6.07, 6.45) is -22.5. The molecule has 62 heavy (non-hydrogen) atoms. The van der Waals surface area contributed by atoms with Crippen molar-refractivity contribution in [3.8, 4) is 0 Å². The lowest BCUT2D eigenvalue weighted by Crippen LogP contribution is -3.00. The minimum absolute atomic E-state index is 0. The smallest absolute Gasteiger partial charge is 0.460 e. The molecule has 0 spiro atoms. The van der Waals surface area contributed by atoms with E-state index < -0.39 is 151 Å². The lowest BCUT2D eigenvalue weighted by molar-refractivity contribution is -0.907. The second-order valence-corrected chi connectivity index (χ2v) is 14.4. The van der Waals surface area contributed by atoms with Gasteiger partial charge in [0.1, 0.15) is 13.1 Å². The molecule has 374 valence electrons. The Kier molecular flexibility index (Phi) is 20.1. The molecule has 0 bridgehead atoms. The highest BCUT2D eigenvalue weighted by atomic mass is 79.9. The number of hydrogen-bond donors (Lipinski definition) is 3. The monoisotopic (exact) mass is 1110 g/mol. The van der Waals surface area contributed by atoms with E-state index in [4.69, 9.17) is 0 Å². The first-order chi connectivity index (χ1) is 25.8. The van der Waals surface area contributed by atoms with E-state index >= 15 is 0 Å². The zero-order chi connectivity index (χ0) is 48.8. The van der Waals surface area contributed by atoms with Gasteiger partial charge in [-0.05, 0) is 0 Å². The van der Waals surface area contributed by atoms with Crippen molar-refractivity contribution in [2.45, 2.75) is 90.5 Å². The molecule has 0 fully saturated rings. The van der Waals surface area contributed by atoms with Gasteiger partial charge < -0.3 is 58.7 Å². The third kappa shape index (κ3) is 12.6. The molecule has 0 aromatic carbocycles. The third-order valence-corrected chi connectivity index (χ3v) is 8.07. The number of carbonyl (C=O) groups is 2. The second-order valence-electron chi connectivity index (χ2n) is 14.4. The summed E-state index contributed by atoms with van der Waals surface area (Å²) >= 11 is 0. The van der Waals surface area contributed by atoms with Gasteiger partial charge in [-0.25, -0.2) is 0 Å². The number of halogens is 28. The van der Waals surface area contributed by atoms with Gasteiger partial charge in [0.25, 0.3) is 11.8 Å². The van der Waals surface area contributed by atoms with E-state index in [9.17, 15) is 129 Å². The van der Waals surface area contributed by atoms with Crippen molar-refractivity contribution in [1.82, 2.24) is 10.6 Å². The van der Waals surface area contributed by atoms with E-state index in [2.05, 4.69) is 0 Å². The normalized spacial score (nSPS) is 15.2. The fourth-order valence-corrected chi connectivity index (χ4v) is 4.85. The molecular weight excluding hydrogens is 1080 g/mol. The van der Waals surface area contributed by atoms with Crippen LogP contribution in [0.1, 0.15) is 12.8 Å². The quantitative estimate of drug-likeness (QED) is 0.112. The van der Waals surface area contributed by atoms with Gasteiger partial charge in [0.05, 0.1) is 28.2 Å². The average Bonchev–Trinajstić information content (AvgIpc) is 2.97. The van der Waals surface area contributed by atoms with Gasteiger partial charge in [0, 0.05) is 25.9 Å². The average molecular weight is 1110 g/mol. The Bertz CT molecular complexity index is 1400. The van der Waals surface area contributed by atoms with Gasteiger partial charge in [0.15, 0.2) is 19.2 Å². The number of aliphatic hydroxyl groups excluding tert-OH is 1. The van der Waals surface area contributed by atoms with Crippen LogP contribution in [0.25, 0.3) is 0 Å². The summed E-state index contributed by atoms with van der Waals surface area (Å²) in [7, 11) is 4.23. The maximum absolute atomic E-state index is 14.0. The molecule has 0 heterocycles. The first-order valence-electron chi connectivity index (χ1n) is 15.6. The number of rotatable bonds is 22. The maximum atomic E-state index is 14.0. The Hall–Kier alpha value is -2.04. The number of alkyl halides is 26. The van der Waals surface area contributed by atoms with Crippen LogP contribution in [0.3, 0.4) is 0 Å². The van der Waals surface area contributed by atoms with Crippen LogP contribution >= 0.6 is 0 Å². The zero-order valence-corrected chi connectivity index (χ0v) is 34.1. The van der Waals surface area contributed by atoms with Gasteiger partial charge in [0.2, 0.25) is 0 Å². The number of nitrogens with zero attached hydrogens (tertiary/aromatic N) is 2. The van der Waals surface area contributed by atoms with Gasteiger partial charge >= 0.3 is 71.6 Å². The highest BCUT2D eigenvalue weighted by Gasteiger charge is 2.92. The largest absolute Gasteiger partial charge is 1.00 e. The Labute approximate surface area is 352 Å². The van der Waals surface area contributed by atoms with Crippen LogP contribution in [0.4, 0.5) is 114 Å². The summed E-state index contributed by atoms with van der Waals surface area (Å²) < 4.78 is 343. The zero-order valence-electron chi connectivity index (χ0n) is 31.0. The molecule has 0 radical (unpaired) electrons. The molecule has 2 amide bonds. The molecule has 0 rings (SSSR count). The van der Waals surface area contributed by atoms with Gasteiger partial charge in [-0.3, -0.25) is 9.59 Å². The molecule has 0 aliphatic heterocycles. The summed E-state index contributed by atoms with van der Waals surface area (Å²) in [6.45, 7) is -6.90. The lowest BCUT2D eigenvalue weighted by atomic mass is 9.92. The molecule has 0 aromatic heterocycles. The predicted molar refractivity (Wildman–Crippen MR) is 147 cm³/mol. The predicted octanol–water partition coefficient (Wildman–Crippen LogP) is 0.998. The molecule has 3 N–H and O–H groups in total. The van der Waals surface area contributed by atoms with Crippen LogP contribution in [0.5, 0.6) is 0 Å². The second kappa shape index (κ2) is 19.4. The molecule has 0 aliphatic carbocycles. The van der Waals surface area contributed by atoms with Crippen molar-refractivity contribution < 1.29 is 172 Å². The number of amides is 2. The minimum Gasteiger partial charge on any atom is -1.00 e. The van der Waals surface area contributed by atoms with Crippen molar-refractivity contribution in [2.24, 2.45) is 0 Å². The summed E-state index contributed by atoms with van der Waals surface area (Å²) in [5, 5.41) is 13.2. The lowest BCUT2D eigenvalue weighted by Gasteiger charge is -2.39. The van der Waals surface area contributed by atoms with Gasteiger partial charge in [-0.2, -0.15) is 114 Å². The van der Waals surface area contributed by atoms with Crippen molar-refractivity contribution in [3.63, 3.8) is 0 Å². The van der Waals surface area contributed by atoms with Gasteiger partial charge in [-0.15, -0.1) is 0 Å². The van der Waals surface area contributed by atoms with Gasteiger partial charge in [-0.1, -0.05) is 0 Å². The molecule has 0 saturated heterocycles. The van der Waals surface area contributed by atoms with Crippen LogP contribution in [-0.2, 0) is 9.59 Å². The fourth-order valence-electron chi connectivity index (χ4n) is 4.85. The molecule has 0 saturated carbocycles. The van der Waals surface area contributed by atoms with E-state index in [0.717, 1.165) is 28.2 Å². The van der Waals surface area contributed by atoms with E-state index in [-0.39, 0.29) is 34.0 Å². The SMILES string of the molecule is C[N+](C)(CC(=O)NCCC(F)(F)C(F)(F)C(F)(F)C(F)(F)C(F)(F)C(F)(F)F)CC(O)C[N+](C)(C)CC(=O)NCCC(F)(F)C(F)(F)C(F)(F)C(F)(F)C(F)(F)C(F)(F)F.[Br-].[Br-]. The van der Waals surface area contributed by atoms with Crippen LogP contribution in [0.15, 0.2) is 0 Å². The van der Waals surface area contributed by atoms with E-state index in [1.165, 1.54) is 10.6 Å². The summed E-state index contributed by atoms with van der Waals surface area (Å²) in [5.74, 6) is -79.4. The molecular formula is C27H32Br2F26N4O3. The van der Waals surface area contributed by atoms with Crippen molar-refractivity contribution in [2.75, 3.05) is 67.5 Å². The van der Waals surface area contributed by atoms with Crippen molar-refractivity contribution in [1.29, 1.82) is 0 Å². The van der Waals surface area contributed by atoms with Crippen LogP contribution < -0.4 is 44.6 Å². The number of quaternary nitrogens is 2. The van der Waals surface area contributed by atoms with Crippen LogP contribution in [-0.4, -0.2) is 171 Å². The van der Waals surface area contributed by atoms with Crippen molar-refractivity contribution >= 4 is 11.8 Å². The molecule has 0 aliphatic rings. The van der Waals surface area contributed by atoms with E-state index in [1.807, 2.05) is 0 Å². The third-order valence-electron chi connectivity index (χ3n) is 8.07. The molecule has 0 unspecified atom stereocenters.